The van der Waals surface area contributed by atoms with Crippen LogP contribution < -0.4 is 15.4 Å². The van der Waals surface area contributed by atoms with Crippen LogP contribution in [0.3, 0.4) is 0 Å². The van der Waals surface area contributed by atoms with E-state index in [-0.39, 0.29) is 11.3 Å². The molecule has 3 aromatic rings. The minimum atomic E-state index is -0.512. The van der Waals surface area contributed by atoms with Gasteiger partial charge < -0.3 is 15.4 Å². The van der Waals surface area contributed by atoms with Crippen molar-refractivity contribution in [2.24, 2.45) is 0 Å². The lowest BCUT2D eigenvalue weighted by molar-refractivity contribution is 0.102. The van der Waals surface area contributed by atoms with Gasteiger partial charge in [0.2, 0.25) is 0 Å². The summed E-state index contributed by atoms with van der Waals surface area (Å²) in [4.78, 5) is 28.8. The Hall–Kier alpha value is -3.45. The number of benzene rings is 2. The Kier molecular flexibility index (Phi) is 5.86. The summed E-state index contributed by atoms with van der Waals surface area (Å²) in [6.07, 6.45) is 1.34. The first kappa shape index (κ1) is 19.3. The van der Waals surface area contributed by atoms with Gasteiger partial charge in [-0.1, -0.05) is 17.7 Å². The molecule has 3 rings (SSSR count). The van der Waals surface area contributed by atoms with E-state index in [1.54, 1.807) is 24.3 Å². The van der Waals surface area contributed by atoms with Gasteiger partial charge in [-0.25, -0.2) is 4.39 Å². The summed E-state index contributed by atoms with van der Waals surface area (Å²) >= 11 is 6.04. The summed E-state index contributed by atoms with van der Waals surface area (Å²) in [5, 5.41) is 5.56. The van der Waals surface area contributed by atoms with Crippen molar-refractivity contribution in [2.45, 2.75) is 0 Å². The lowest BCUT2D eigenvalue weighted by atomic mass is 10.2. The number of halogens is 2. The SMILES string of the molecule is COc1ccc(NC(=O)c2cc(C(=O)Nc3cccc(F)c3)ccn2)cc1Cl. The van der Waals surface area contributed by atoms with Crippen molar-refractivity contribution in [1.29, 1.82) is 0 Å². The highest BCUT2D eigenvalue weighted by Crippen LogP contribution is 2.27. The number of hydrogen-bond acceptors (Lipinski definition) is 4. The third-order valence-corrected chi connectivity index (χ3v) is 4.04. The first-order valence-electron chi connectivity index (χ1n) is 8.14. The van der Waals surface area contributed by atoms with Crippen LogP contribution in [0.1, 0.15) is 20.8 Å². The average Bonchev–Trinajstić information content (AvgIpc) is 2.68. The molecule has 0 aliphatic carbocycles. The van der Waals surface area contributed by atoms with Gasteiger partial charge in [-0.2, -0.15) is 0 Å². The lowest BCUT2D eigenvalue weighted by Crippen LogP contribution is -2.17. The number of hydrogen-bond donors (Lipinski definition) is 2. The number of nitrogens with zero attached hydrogens (tertiary/aromatic N) is 1. The monoisotopic (exact) mass is 399 g/mol. The summed E-state index contributed by atoms with van der Waals surface area (Å²) in [6.45, 7) is 0. The molecule has 6 nitrogen and oxygen atoms in total. The third kappa shape index (κ3) is 4.63. The van der Waals surface area contributed by atoms with Crippen LogP contribution in [0.15, 0.2) is 60.8 Å². The zero-order chi connectivity index (χ0) is 20.1. The standard InChI is InChI=1S/C20H15ClFN3O3/c1-28-18-6-5-15(11-16(18)21)25-20(27)17-9-12(7-8-23-17)19(26)24-14-4-2-3-13(22)10-14/h2-11H,1H3,(H,24,26)(H,25,27). The molecule has 0 saturated heterocycles. The Morgan fingerprint density at radius 2 is 1.75 bits per heavy atom. The van der Waals surface area contributed by atoms with Crippen molar-refractivity contribution < 1.29 is 18.7 Å². The van der Waals surface area contributed by atoms with Crippen molar-refractivity contribution in [3.63, 3.8) is 0 Å². The van der Waals surface area contributed by atoms with Gasteiger partial charge in [0.05, 0.1) is 12.1 Å². The summed E-state index contributed by atoms with van der Waals surface area (Å²) < 4.78 is 18.3. The first-order valence-corrected chi connectivity index (χ1v) is 8.52. The number of anilines is 2. The van der Waals surface area contributed by atoms with Gasteiger partial charge in [0.15, 0.2) is 0 Å². The molecule has 0 radical (unpaired) electrons. The van der Waals surface area contributed by atoms with Crippen LogP contribution in [0.25, 0.3) is 0 Å². The Balaban J connectivity index is 1.74. The number of aromatic nitrogens is 1. The summed E-state index contributed by atoms with van der Waals surface area (Å²) in [6, 6.07) is 13.1. The fourth-order valence-corrected chi connectivity index (χ4v) is 2.66. The number of methoxy groups -OCH3 is 1. The van der Waals surface area contributed by atoms with Gasteiger partial charge in [-0.15, -0.1) is 0 Å². The first-order chi connectivity index (χ1) is 13.5. The van der Waals surface area contributed by atoms with E-state index in [1.807, 2.05) is 0 Å². The Morgan fingerprint density at radius 3 is 2.46 bits per heavy atom. The number of pyridine rings is 1. The summed E-state index contributed by atoms with van der Waals surface area (Å²) in [7, 11) is 1.49. The molecule has 2 aromatic carbocycles. The maximum atomic E-state index is 13.2. The second-order valence-electron chi connectivity index (χ2n) is 5.70. The molecular formula is C20H15ClFN3O3. The van der Waals surface area contributed by atoms with Crippen LogP contribution in [-0.4, -0.2) is 23.9 Å². The molecule has 0 fully saturated rings. The predicted octanol–water partition coefficient (Wildman–Crippen LogP) is 4.39. The molecule has 0 aliphatic heterocycles. The lowest BCUT2D eigenvalue weighted by Gasteiger charge is -2.09. The van der Waals surface area contributed by atoms with Crippen LogP contribution in [0, 0.1) is 5.82 Å². The number of carbonyl (C=O) groups excluding carboxylic acids is 2. The van der Waals surface area contributed by atoms with Crippen LogP contribution in [0.5, 0.6) is 5.75 Å². The molecule has 8 heteroatoms. The van der Waals surface area contributed by atoms with Crippen molar-refractivity contribution >= 4 is 34.8 Å². The molecule has 28 heavy (non-hydrogen) atoms. The smallest absolute Gasteiger partial charge is 0.274 e. The van der Waals surface area contributed by atoms with E-state index in [0.717, 1.165) is 0 Å². The molecule has 2 amide bonds. The van der Waals surface area contributed by atoms with Crippen LogP contribution in [-0.2, 0) is 0 Å². The molecular weight excluding hydrogens is 385 g/mol. The summed E-state index contributed by atoms with van der Waals surface area (Å²) in [5.41, 5.74) is 1.00. The van der Waals surface area contributed by atoms with Crippen LogP contribution in [0.4, 0.5) is 15.8 Å². The third-order valence-electron chi connectivity index (χ3n) is 3.75. The fraction of sp³-hybridized carbons (Fsp3) is 0.0500. The quantitative estimate of drug-likeness (QED) is 0.667. The van der Waals surface area contributed by atoms with Gasteiger partial charge in [-0.3, -0.25) is 14.6 Å². The molecule has 142 valence electrons. The molecule has 0 aliphatic rings. The Morgan fingerprint density at radius 1 is 1.00 bits per heavy atom. The molecule has 2 N–H and O–H groups in total. The molecule has 0 unspecified atom stereocenters. The van der Waals surface area contributed by atoms with Crippen molar-refractivity contribution in [1.82, 2.24) is 4.98 Å². The fourth-order valence-electron chi connectivity index (χ4n) is 2.40. The van der Waals surface area contributed by atoms with E-state index in [2.05, 4.69) is 15.6 Å². The van der Waals surface area contributed by atoms with E-state index in [4.69, 9.17) is 16.3 Å². The average molecular weight is 400 g/mol. The highest BCUT2D eigenvalue weighted by Gasteiger charge is 2.13. The Labute approximate surface area is 165 Å². The second-order valence-corrected chi connectivity index (χ2v) is 6.10. The van der Waals surface area contributed by atoms with Crippen molar-refractivity contribution in [3.05, 3.63) is 82.9 Å². The number of carbonyl (C=O) groups is 2. The minimum Gasteiger partial charge on any atom is -0.495 e. The molecule has 0 atom stereocenters. The number of nitrogens with one attached hydrogen (secondary N) is 2. The van der Waals surface area contributed by atoms with E-state index < -0.39 is 17.6 Å². The van der Waals surface area contributed by atoms with E-state index >= 15 is 0 Å². The summed E-state index contributed by atoms with van der Waals surface area (Å²) in [5.74, 6) is -0.990. The molecule has 0 spiro atoms. The normalized spacial score (nSPS) is 10.2. The number of ether oxygens (including phenoxy) is 1. The van der Waals surface area contributed by atoms with Gasteiger partial charge in [0.1, 0.15) is 17.3 Å². The molecule has 0 bridgehead atoms. The number of rotatable bonds is 5. The minimum absolute atomic E-state index is 0.0406. The molecule has 1 heterocycles. The van der Waals surface area contributed by atoms with Crippen molar-refractivity contribution in [2.75, 3.05) is 17.7 Å². The van der Waals surface area contributed by atoms with Crippen LogP contribution in [0.2, 0.25) is 5.02 Å². The van der Waals surface area contributed by atoms with Gasteiger partial charge in [-0.05, 0) is 48.5 Å². The van der Waals surface area contributed by atoms with Crippen molar-refractivity contribution in [3.8, 4) is 5.75 Å². The zero-order valence-corrected chi connectivity index (χ0v) is 15.5. The second kappa shape index (κ2) is 8.49. The van der Waals surface area contributed by atoms with Crippen LogP contribution >= 0.6 is 11.6 Å². The maximum absolute atomic E-state index is 13.2. The van der Waals surface area contributed by atoms with Gasteiger partial charge in [0.25, 0.3) is 11.8 Å². The molecule has 1 aromatic heterocycles. The largest absolute Gasteiger partial charge is 0.495 e. The molecule has 0 saturated carbocycles. The number of amides is 2. The topological polar surface area (TPSA) is 80.3 Å². The van der Waals surface area contributed by atoms with E-state index in [0.29, 0.717) is 22.1 Å². The maximum Gasteiger partial charge on any atom is 0.274 e. The predicted molar refractivity (Wildman–Crippen MR) is 105 cm³/mol. The zero-order valence-electron chi connectivity index (χ0n) is 14.7. The Bertz CT molecular complexity index is 1040. The van der Waals surface area contributed by atoms with Gasteiger partial charge >= 0.3 is 0 Å². The van der Waals surface area contributed by atoms with E-state index in [1.165, 1.54) is 43.6 Å². The van der Waals surface area contributed by atoms with E-state index in [9.17, 15) is 14.0 Å². The highest BCUT2D eigenvalue weighted by molar-refractivity contribution is 6.32. The van der Waals surface area contributed by atoms with Gasteiger partial charge in [0, 0.05) is 23.1 Å². The highest BCUT2D eigenvalue weighted by atomic mass is 35.5.